The van der Waals surface area contributed by atoms with Crippen molar-refractivity contribution in [3.63, 3.8) is 0 Å². The molecule has 3 rings (SSSR count). The SMILES string of the molecule is Cc1cc(C)c2cc(CN(CCCN(C)C)C(=S)NCCCN3CCOCC3)c(=O)[nH]c2c1. The lowest BCUT2D eigenvalue weighted by Crippen LogP contribution is -2.43. The van der Waals surface area contributed by atoms with Crippen LogP contribution in [-0.4, -0.2) is 91.4 Å². The number of aromatic amines is 1. The van der Waals surface area contributed by atoms with E-state index in [1.807, 2.05) is 19.1 Å². The first-order valence-electron chi connectivity index (χ1n) is 11.9. The molecule has 0 unspecified atom stereocenters. The summed E-state index contributed by atoms with van der Waals surface area (Å²) in [4.78, 5) is 22.7. The van der Waals surface area contributed by atoms with Gasteiger partial charge in [-0.1, -0.05) is 6.07 Å². The van der Waals surface area contributed by atoms with Crippen molar-refractivity contribution < 1.29 is 4.74 Å². The van der Waals surface area contributed by atoms with Crippen molar-refractivity contribution in [1.82, 2.24) is 25.0 Å². The minimum atomic E-state index is -0.0415. The molecule has 2 heterocycles. The number of fused-ring (bicyclic) bond motifs is 1. The van der Waals surface area contributed by atoms with Gasteiger partial charge in [0.1, 0.15) is 0 Å². The van der Waals surface area contributed by atoms with Crippen LogP contribution in [0.25, 0.3) is 10.9 Å². The molecule has 1 saturated heterocycles. The predicted molar refractivity (Wildman–Crippen MR) is 140 cm³/mol. The lowest BCUT2D eigenvalue weighted by molar-refractivity contribution is 0.0376. The number of ether oxygens (including phenoxy) is 1. The van der Waals surface area contributed by atoms with Gasteiger partial charge in [0.15, 0.2) is 5.11 Å². The van der Waals surface area contributed by atoms with E-state index in [1.165, 1.54) is 5.56 Å². The Hall–Kier alpha value is -2.00. The fraction of sp³-hybridized carbons (Fsp3) is 0.600. The standard InChI is InChI=1S/C25H39N5O2S/c1-19-15-20(2)22-17-21(24(31)27-23(22)16-19)18-30(10-6-8-28(3)4)25(33)26-7-5-9-29-11-13-32-14-12-29/h15-17H,5-14,18H2,1-4H3,(H,26,33)(H,27,31). The van der Waals surface area contributed by atoms with Gasteiger partial charge in [0.2, 0.25) is 0 Å². The Labute approximate surface area is 203 Å². The first-order chi connectivity index (χ1) is 15.8. The number of aryl methyl sites for hydroxylation is 2. The molecule has 1 fully saturated rings. The lowest BCUT2D eigenvalue weighted by Gasteiger charge is -2.28. The van der Waals surface area contributed by atoms with Gasteiger partial charge in [-0.25, -0.2) is 0 Å². The predicted octanol–water partition coefficient (Wildman–Crippen LogP) is 2.50. The van der Waals surface area contributed by atoms with Crippen LogP contribution in [0.15, 0.2) is 23.0 Å². The molecule has 0 atom stereocenters. The fourth-order valence-electron chi connectivity index (χ4n) is 4.30. The molecule has 0 spiro atoms. The van der Waals surface area contributed by atoms with Crippen molar-refractivity contribution in [3.8, 4) is 0 Å². The Bertz CT molecular complexity index is 985. The van der Waals surface area contributed by atoms with E-state index in [0.29, 0.717) is 6.54 Å². The van der Waals surface area contributed by atoms with Crippen LogP contribution in [0, 0.1) is 13.8 Å². The average molecular weight is 474 g/mol. The van der Waals surface area contributed by atoms with Gasteiger partial charge in [0, 0.05) is 42.6 Å². The molecule has 1 aromatic heterocycles. The summed E-state index contributed by atoms with van der Waals surface area (Å²) in [6.45, 7) is 11.9. The largest absolute Gasteiger partial charge is 0.379 e. The Balaban J connectivity index is 1.65. The molecule has 182 valence electrons. The number of hydrogen-bond donors (Lipinski definition) is 2. The van der Waals surface area contributed by atoms with Gasteiger partial charge in [0.25, 0.3) is 5.56 Å². The molecule has 8 heteroatoms. The maximum Gasteiger partial charge on any atom is 0.253 e. The second-order valence-electron chi connectivity index (χ2n) is 9.28. The van der Waals surface area contributed by atoms with Gasteiger partial charge in [-0.05, 0) is 89.4 Å². The van der Waals surface area contributed by atoms with Crippen molar-refractivity contribution in [3.05, 3.63) is 45.2 Å². The number of benzene rings is 1. The smallest absolute Gasteiger partial charge is 0.253 e. The number of H-pyrrole nitrogens is 1. The maximum absolute atomic E-state index is 12.9. The summed E-state index contributed by atoms with van der Waals surface area (Å²) < 4.78 is 5.42. The molecule has 1 aliphatic heterocycles. The summed E-state index contributed by atoms with van der Waals surface area (Å²) in [6.07, 6.45) is 2.01. The number of rotatable bonds is 10. The van der Waals surface area contributed by atoms with E-state index < -0.39 is 0 Å². The van der Waals surface area contributed by atoms with Crippen LogP contribution < -0.4 is 10.9 Å². The van der Waals surface area contributed by atoms with Gasteiger partial charge in [-0.2, -0.15) is 0 Å². The van der Waals surface area contributed by atoms with Crippen molar-refractivity contribution in [1.29, 1.82) is 0 Å². The van der Waals surface area contributed by atoms with Gasteiger partial charge in [-0.3, -0.25) is 9.69 Å². The molecular weight excluding hydrogens is 434 g/mol. The van der Waals surface area contributed by atoms with Crippen LogP contribution in [0.5, 0.6) is 0 Å². The topological polar surface area (TPSA) is 63.8 Å². The highest BCUT2D eigenvalue weighted by Crippen LogP contribution is 2.19. The van der Waals surface area contributed by atoms with Crippen molar-refractivity contribution in [2.75, 3.05) is 66.6 Å². The number of thiocarbonyl (C=S) groups is 1. The monoisotopic (exact) mass is 473 g/mol. The molecule has 1 aliphatic rings. The lowest BCUT2D eigenvalue weighted by atomic mass is 10.0. The molecule has 0 saturated carbocycles. The van der Waals surface area contributed by atoms with E-state index in [1.54, 1.807) is 0 Å². The Morgan fingerprint density at radius 2 is 1.91 bits per heavy atom. The van der Waals surface area contributed by atoms with E-state index in [4.69, 9.17) is 17.0 Å². The fourth-order valence-corrected chi connectivity index (χ4v) is 4.56. The van der Waals surface area contributed by atoms with E-state index in [0.717, 1.165) is 92.5 Å². The zero-order valence-electron chi connectivity index (χ0n) is 20.6. The first-order valence-corrected chi connectivity index (χ1v) is 12.3. The van der Waals surface area contributed by atoms with Crippen molar-refractivity contribution >= 4 is 28.2 Å². The number of pyridine rings is 1. The van der Waals surface area contributed by atoms with E-state index in [-0.39, 0.29) is 5.56 Å². The Morgan fingerprint density at radius 3 is 2.64 bits per heavy atom. The summed E-state index contributed by atoms with van der Waals surface area (Å²) >= 11 is 5.76. The third-order valence-corrected chi connectivity index (χ3v) is 6.50. The van der Waals surface area contributed by atoms with Crippen LogP contribution in [0.2, 0.25) is 0 Å². The molecule has 2 aromatic rings. The van der Waals surface area contributed by atoms with Crippen LogP contribution in [0.3, 0.4) is 0 Å². The number of morpholine rings is 1. The second kappa shape index (κ2) is 12.5. The summed E-state index contributed by atoms with van der Waals surface area (Å²) in [6, 6.07) is 6.21. The molecule has 1 aromatic carbocycles. The van der Waals surface area contributed by atoms with E-state index in [2.05, 4.69) is 52.1 Å². The van der Waals surface area contributed by atoms with E-state index >= 15 is 0 Å². The normalized spacial score (nSPS) is 14.7. The molecule has 33 heavy (non-hydrogen) atoms. The highest BCUT2D eigenvalue weighted by molar-refractivity contribution is 7.80. The maximum atomic E-state index is 12.9. The quantitative estimate of drug-likeness (QED) is 0.406. The number of nitrogens with one attached hydrogen (secondary N) is 2. The molecule has 0 amide bonds. The zero-order chi connectivity index (χ0) is 23.8. The molecule has 2 N–H and O–H groups in total. The summed E-state index contributed by atoms with van der Waals surface area (Å²) in [5.41, 5.74) is 3.92. The van der Waals surface area contributed by atoms with Crippen LogP contribution >= 0.6 is 12.2 Å². The minimum Gasteiger partial charge on any atom is -0.379 e. The van der Waals surface area contributed by atoms with Crippen molar-refractivity contribution in [2.45, 2.75) is 33.2 Å². The van der Waals surface area contributed by atoms with Crippen LogP contribution in [-0.2, 0) is 11.3 Å². The molecule has 0 bridgehead atoms. The second-order valence-corrected chi connectivity index (χ2v) is 9.67. The highest BCUT2D eigenvalue weighted by Gasteiger charge is 2.15. The number of nitrogens with zero attached hydrogens (tertiary/aromatic N) is 3. The number of aromatic nitrogens is 1. The Morgan fingerprint density at radius 1 is 1.15 bits per heavy atom. The Kier molecular flexibility index (Phi) is 9.67. The molecular formula is C25H39N5O2S. The van der Waals surface area contributed by atoms with Crippen molar-refractivity contribution in [2.24, 2.45) is 0 Å². The summed E-state index contributed by atoms with van der Waals surface area (Å²) in [7, 11) is 4.15. The van der Waals surface area contributed by atoms with Gasteiger partial charge in [0.05, 0.1) is 19.8 Å². The first kappa shape index (κ1) is 25.6. The summed E-state index contributed by atoms with van der Waals surface area (Å²) in [5.74, 6) is 0. The number of hydrogen-bond acceptors (Lipinski definition) is 5. The molecule has 0 radical (unpaired) electrons. The highest BCUT2D eigenvalue weighted by atomic mass is 32.1. The van der Waals surface area contributed by atoms with E-state index in [9.17, 15) is 4.79 Å². The third kappa shape index (κ3) is 7.78. The van der Waals surface area contributed by atoms with Gasteiger partial charge < -0.3 is 24.8 Å². The summed E-state index contributed by atoms with van der Waals surface area (Å²) in [5, 5.41) is 5.24. The van der Waals surface area contributed by atoms with Crippen LogP contribution in [0.4, 0.5) is 0 Å². The van der Waals surface area contributed by atoms with Gasteiger partial charge in [-0.15, -0.1) is 0 Å². The third-order valence-electron chi connectivity index (χ3n) is 6.10. The zero-order valence-corrected chi connectivity index (χ0v) is 21.4. The van der Waals surface area contributed by atoms with Crippen LogP contribution in [0.1, 0.15) is 29.5 Å². The average Bonchev–Trinajstić information content (AvgIpc) is 2.77. The molecule has 7 nitrogen and oxygen atoms in total. The van der Waals surface area contributed by atoms with Gasteiger partial charge >= 0.3 is 0 Å². The minimum absolute atomic E-state index is 0.0415. The molecule has 0 aliphatic carbocycles.